The first kappa shape index (κ1) is 15.4. The van der Waals surface area contributed by atoms with Crippen LogP contribution in [0.15, 0.2) is 12.1 Å². The summed E-state index contributed by atoms with van der Waals surface area (Å²) in [6.07, 6.45) is 0. The molecule has 0 bridgehead atoms. The third-order valence-corrected chi connectivity index (χ3v) is 4.02. The molecule has 1 amide bonds. The van der Waals surface area contributed by atoms with Crippen molar-refractivity contribution in [3.05, 3.63) is 27.7 Å². The van der Waals surface area contributed by atoms with Crippen LogP contribution in [-0.2, 0) is 0 Å². The minimum Gasteiger partial charge on any atom is -0.495 e. The molecule has 0 fully saturated rings. The second-order valence-electron chi connectivity index (χ2n) is 4.11. The largest absolute Gasteiger partial charge is 0.495 e. The zero-order valence-electron chi connectivity index (χ0n) is 11.7. The van der Waals surface area contributed by atoms with Crippen LogP contribution in [0.25, 0.3) is 0 Å². The fourth-order valence-electron chi connectivity index (χ4n) is 1.76. The average molecular weight is 328 g/mol. The molecule has 0 aliphatic rings. The number of rotatable bonds is 4. The van der Waals surface area contributed by atoms with Gasteiger partial charge in [-0.05, 0) is 13.0 Å². The smallest absolute Gasteiger partial charge is 0.267 e. The number of hydrogen-bond acceptors (Lipinski definition) is 6. The maximum Gasteiger partial charge on any atom is 0.267 e. The molecule has 0 saturated carbocycles. The Morgan fingerprint density at radius 2 is 2.00 bits per heavy atom. The third kappa shape index (κ3) is 3.20. The summed E-state index contributed by atoms with van der Waals surface area (Å²) in [6.45, 7) is 1.72. The number of nitrogens with two attached hydrogens (primary N) is 1. The number of nitrogen functional groups attached to an aromatic ring is 1. The van der Waals surface area contributed by atoms with Crippen molar-refractivity contribution < 1.29 is 14.3 Å². The summed E-state index contributed by atoms with van der Waals surface area (Å²) in [5.74, 6) is 0.589. The van der Waals surface area contributed by atoms with Gasteiger partial charge in [0.2, 0.25) is 0 Å². The summed E-state index contributed by atoms with van der Waals surface area (Å²) in [5, 5.41) is 3.45. The zero-order valence-corrected chi connectivity index (χ0v) is 13.3. The number of aromatic nitrogens is 1. The summed E-state index contributed by atoms with van der Waals surface area (Å²) >= 11 is 7.18. The number of aryl methyl sites for hydroxylation is 1. The van der Waals surface area contributed by atoms with Crippen LogP contribution in [0.5, 0.6) is 11.5 Å². The van der Waals surface area contributed by atoms with Crippen molar-refractivity contribution in [1.82, 2.24) is 4.98 Å². The van der Waals surface area contributed by atoms with Gasteiger partial charge in [-0.15, -0.1) is 0 Å². The molecule has 0 aliphatic carbocycles. The van der Waals surface area contributed by atoms with Crippen molar-refractivity contribution in [2.75, 3.05) is 25.3 Å². The minimum atomic E-state index is -0.318. The predicted molar refractivity (Wildman–Crippen MR) is 83.8 cm³/mol. The standard InChI is InChI=1S/C13H14ClN3O3S/c1-6-11(21-13(15)16-6)12(18)17-8-4-7(14)9(19-2)5-10(8)20-3/h4-5H,1-3H3,(H2,15,16)(H,17,18). The van der Waals surface area contributed by atoms with Gasteiger partial charge < -0.3 is 20.5 Å². The van der Waals surface area contributed by atoms with Gasteiger partial charge in [0.15, 0.2) is 5.13 Å². The summed E-state index contributed by atoms with van der Waals surface area (Å²) < 4.78 is 10.3. The molecule has 8 heteroatoms. The number of halogens is 1. The number of benzene rings is 1. The van der Waals surface area contributed by atoms with Crippen molar-refractivity contribution in [2.24, 2.45) is 0 Å². The Hall–Kier alpha value is -1.99. The Balaban J connectivity index is 2.32. The average Bonchev–Trinajstić information content (AvgIpc) is 2.78. The minimum absolute atomic E-state index is 0.318. The zero-order chi connectivity index (χ0) is 15.6. The number of nitrogens with zero attached hydrogens (tertiary/aromatic N) is 1. The van der Waals surface area contributed by atoms with Crippen molar-refractivity contribution in [3.63, 3.8) is 0 Å². The first-order valence-electron chi connectivity index (χ1n) is 5.92. The van der Waals surface area contributed by atoms with E-state index in [0.29, 0.717) is 37.9 Å². The number of methoxy groups -OCH3 is 2. The van der Waals surface area contributed by atoms with Crippen LogP contribution in [-0.4, -0.2) is 25.1 Å². The Morgan fingerprint density at radius 1 is 1.33 bits per heavy atom. The molecule has 0 aliphatic heterocycles. The second kappa shape index (κ2) is 6.19. The Kier molecular flexibility index (Phi) is 4.54. The number of carbonyl (C=O) groups excluding carboxylic acids is 1. The van der Waals surface area contributed by atoms with Gasteiger partial charge in [0.05, 0.1) is 30.6 Å². The number of amides is 1. The van der Waals surface area contributed by atoms with E-state index in [9.17, 15) is 4.79 Å². The monoisotopic (exact) mass is 327 g/mol. The van der Waals surface area contributed by atoms with Crippen LogP contribution < -0.4 is 20.5 Å². The molecule has 1 heterocycles. The predicted octanol–water partition coefficient (Wildman–Crippen LogP) is 2.96. The molecule has 0 unspecified atom stereocenters. The first-order valence-corrected chi connectivity index (χ1v) is 7.11. The number of carbonyl (C=O) groups is 1. The third-order valence-electron chi connectivity index (χ3n) is 2.74. The molecule has 0 radical (unpaired) electrons. The Morgan fingerprint density at radius 3 is 2.52 bits per heavy atom. The van der Waals surface area contributed by atoms with Crippen molar-refractivity contribution >= 4 is 39.7 Å². The maximum atomic E-state index is 12.3. The molecule has 2 aromatic rings. The molecule has 21 heavy (non-hydrogen) atoms. The first-order chi connectivity index (χ1) is 9.96. The number of nitrogens with one attached hydrogen (secondary N) is 1. The summed E-state index contributed by atoms with van der Waals surface area (Å²) in [5.41, 5.74) is 6.62. The van der Waals surface area contributed by atoms with Crippen molar-refractivity contribution in [1.29, 1.82) is 0 Å². The van der Waals surface area contributed by atoms with Gasteiger partial charge in [0.1, 0.15) is 16.4 Å². The molecule has 0 saturated heterocycles. The highest BCUT2D eigenvalue weighted by Gasteiger charge is 2.17. The van der Waals surface area contributed by atoms with Crippen LogP contribution in [0.1, 0.15) is 15.4 Å². The molecule has 1 aromatic heterocycles. The molecule has 0 spiro atoms. The van der Waals surface area contributed by atoms with Gasteiger partial charge in [-0.25, -0.2) is 4.98 Å². The number of hydrogen-bond donors (Lipinski definition) is 2. The lowest BCUT2D eigenvalue weighted by atomic mass is 10.2. The lowest BCUT2D eigenvalue weighted by molar-refractivity contribution is 0.102. The van der Waals surface area contributed by atoms with Crippen LogP contribution >= 0.6 is 22.9 Å². The molecule has 0 atom stereocenters. The van der Waals surface area contributed by atoms with E-state index < -0.39 is 0 Å². The normalized spacial score (nSPS) is 10.3. The topological polar surface area (TPSA) is 86.5 Å². The van der Waals surface area contributed by atoms with Gasteiger partial charge in [0.25, 0.3) is 5.91 Å². The summed E-state index contributed by atoms with van der Waals surface area (Å²) in [6, 6.07) is 3.17. The molecule has 112 valence electrons. The fourth-order valence-corrected chi connectivity index (χ4v) is 2.73. The van der Waals surface area contributed by atoms with Gasteiger partial charge in [-0.3, -0.25) is 4.79 Å². The van der Waals surface area contributed by atoms with Crippen LogP contribution in [0, 0.1) is 6.92 Å². The van der Waals surface area contributed by atoms with Gasteiger partial charge in [-0.1, -0.05) is 22.9 Å². The number of ether oxygens (including phenoxy) is 2. The molecule has 2 rings (SSSR count). The van der Waals surface area contributed by atoms with Gasteiger partial charge in [0, 0.05) is 6.07 Å². The molecule has 3 N–H and O–H groups in total. The van der Waals surface area contributed by atoms with Crippen LogP contribution in [0.4, 0.5) is 10.8 Å². The second-order valence-corrected chi connectivity index (χ2v) is 5.55. The fraction of sp³-hybridized carbons (Fsp3) is 0.231. The summed E-state index contributed by atoms with van der Waals surface area (Å²) in [7, 11) is 3.00. The summed E-state index contributed by atoms with van der Waals surface area (Å²) in [4.78, 5) is 16.7. The van der Waals surface area contributed by atoms with Crippen molar-refractivity contribution in [3.8, 4) is 11.5 Å². The highest BCUT2D eigenvalue weighted by molar-refractivity contribution is 7.17. The van der Waals surface area contributed by atoms with Crippen LogP contribution in [0.2, 0.25) is 5.02 Å². The Bertz CT molecular complexity index is 688. The van der Waals surface area contributed by atoms with E-state index >= 15 is 0 Å². The lowest BCUT2D eigenvalue weighted by Crippen LogP contribution is -2.12. The van der Waals surface area contributed by atoms with E-state index in [1.807, 2.05) is 0 Å². The van der Waals surface area contributed by atoms with E-state index in [2.05, 4.69) is 10.3 Å². The van der Waals surface area contributed by atoms with E-state index in [-0.39, 0.29) is 5.91 Å². The van der Waals surface area contributed by atoms with Crippen molar-refractivity contribution in [2.45, 2.75) is 6.92 Å². The van der Waals surface area contributed by atoms with E-state index in [1.54, 1.807) is 19.1 Å². The maximum absolute atomic E-state index is 12.3. The number of anilines is 2. The highest BCUT2D eigenvalue weighted by Crippen LogP contribution is 2.36. The molecule has 1 aromatic carbocycles. The van der Waals surface area contributed by atoms with Crippen LogP contribution in [0.3, 0.4) is 0 Å². The lowest BCUT2D eigenvalue weighted by Gasteiger charge is -2.12. The number of thiazole rings is 1. The van der Waals surface area contributed by atoms with E-state index in [4.69, 9.17) is 26.8 Å². The van der Waals surface area contributed by atoms with E-state index in [1.165, 1.54) is 14.2 Å². The SMILES string of the molecule is COc1cc(OC)c(NC(=O)c2sc(N)nc2C)cc1Cl. The van der Waals surface area contributed by atoms with Gasteiger partial charge in [-0.2, -0.15) is 0 Å². The highest BCUT2D eigenvalue weighted by atomic mass is 35.5. The van der Waals surface area contributed by atoms with E-state index in [0.717, 1.165) is 11.3 Å². The molecular weight excluding hydrogens is 314 g/mol. The molecular formula is C13H14ClN3O3S. The van der Waals surface area contributed by atoms with Gasteiger partial charge >= 0.3 is 0 Å². The quantitative estimate of drug-likeness (QED) is 0.901. The molecule has 6 nitrogen and oxygen atoms in total. The Labute approximate surface area is 130 Å².